The second-order valence-electron chi connectivity index (χ2n) is 6.95. The lowest BCUT2D eigenvalue weighted by atomic mass is 9.89. The van der Waals surface area contributed by atoms with Gasteiger partial charge in [-0.15, -0.1) is 0 Å². The highest BCUT2D eigenvalue weighted by Gasteiger charge is 2.53. The molecule has 0 amide bonds. The van der Waals surface area contributed by atoms with E-state index in [0.717, 1.165) is 22.9 Å². The smallest absolute Gasteiger partial charge is 0.344 e. The van der Waals surface area contributed by atoms with Crippen LogP contribution in [-0.4, -0.2) is 22.8 Å². The van der Waals surface area contributed by atoms with Crippen molar-refractivity contribution < 1.29 is 8.85 Å². The van der Waals surface area contributed by atoms with Gasteiger partial charge in [0.1, 0.15) is 0 Å². The molecule has 112 valence electrons. The minimum Gasteiger partial charge on any atom is -0.397 e. The molecule has 2 aliphatic carbocycles. The van der Waals surface area contributed by atoms with Crippen LogP contribution in [0.4, 0.5) is 0 Å². The highest BCUT2D eigenvalue weighted by Crippen LogP contribution is 2.51. The van der Waals surface area contributed by atoms with Crippen LogP contribution in [0.25, 0.3) is 0 Å². The first-order chi connectivity index (χ1) is 9.14. The van der Waals surface area contributed by atoms with Crippen molar-refractivity contribution in [3.63, 3.8) is 0 Å². The summed E-state index contributed by atoms with van der Waals surface area (Å²) >= 11 is 0. The highest BCUT2D eigenvalue weighted by atomic mass is 28.4. The standard InChI is InChI=1S/C16H32O2Si/c1-13-9-11-15(12-10-13)19(17-3,18-4)16-8-6-5-7-14(16)2/h13-16H,5-12H2,1-4H3. The van der Waals surface area contributed by atoms with Gasteiger partial charge in [-0.3, -0.25) is 0 Å². The monoisotopic (exact) mass is 284 g/mol. The summed E-state index contributed by atoms with van der Waals surface area (Å²) in [6, 6.07) is 0. The predicted molar refractivity (Wildman–Crippen MR) is 82.5 cm³/mol. The first-order valence-electron chi connectivity index (χ1n) is 8.24. The maximum atomic E-state index is 6.19. The molecule has 2 unspecified atom stereocenters. The van der Waals surface area contributed by atoms with Crippen molar-refractivity contribution in [1.29, 1.82) is 0 Å². The van der Waals surface area contributed by atoms with E-state index in [-0.39, 0.29) is 0 Å². The second kappa shape index (κ2) is 6.73. The Hall–Kier alpha value is 0.137. The maximum Gasteiger partial charge on any atom is 0.344 e. The highest BCUT2D eigenvalue weighted by molar-refractivity contribution is 6.70. The van der Waals surface area contributed by atoms with E-state index in [1.165, 1.54) is 51.4 Å². The van der Waals surface area contributed by atoms with Crippen LogP contribution in [0, 0.1) is 11.8 Å². The van der Waals surface area contributed by atoms with Gasteiger partial charge in [-0.05, 0) is 31.1 Å². The van der Waals surface area contributed by atoms with Gasteiger partial charge in [0.15, 0.2) is 0 Å². The lowest BCUT2D eigenvalue weighted by molar-refractivity contribution is 0.173. The van der Waals surface area contributed by atoms with Gasteiger partial charge in [0.25, 0.3) is 0 Å². The molecule has 0 aromatic carbocycles. The van der Waals surface area contributed by atoms with Crippen molar-refractivity contribution in [2.45, 2.75) is 76.3 Å². The summed E-state index contributed by atoms with van der Waals surface area (Å²) in [4.78, 5) is 0. The fourth-order valence-electron chi connectivity index (χ4n) is 4.60. The summed E-state index contributed by atoms with van der Waals surface area (Å²) in [7, 11) is 1.82. The molecule has 0 aliphatic heterocycles. The Bertz CT molecular complexity index is 270. The van der Waals surface area contributed by atoms with Crippen molar-refractivity contribution in [2.75, 3.05) is 14.2 Å². The van der Waals surface area contributed by atoms with Crippen LogP contribution in [0.2, 0.25) is 11.1 Å². The molecule has 0 radical (unpaired) electrons. The third kappa shape index (κ3) is 3.08. The first kappa shape index (κ1) is 15.5. The van der Waals surface area contributed by atoms with Crippen molar-refractivity contribution in [2.24, 2.45) is 11.8 Å². The van der Waals surface area contributed by atoms with Crippen LogP contribution < -0.4 is 0 Å². The average molecular weight is 285 g/mol. The van der Waals surface area contributed by atoms with Gasteiger partial charge in [-0.2, -0.15) is 0 Å². The zero-order chi connectivity index (χ0) is 13.9. The molecule has 2 fully saturated rings. The van der Waals surface area contributed by atoms with E-state index in [9.17, 15) is 0 Å². The van der Waals surface area contributed by atoms with Crippen LogP contribution >= 0.6 is 0 Å². The molecule has 0 aromatic heterocycles. The Kier molecular flexibility index (Phi) is 5.50. The van der Waals surface area contributed by atoms with Crippen LogP contribution in [-0.2, 0) is 8.85 Å². The fourth-order valence-corrected chi connectivity index (χ4v) is 9.35. The van der Waals surface area contributed by atoms with Gasteiger partial charge < -0.3 is 8.85 Å². The van der Waals surface area contributed by atoms with Crippen LogP contribution in [0.3, 0.4) is 0 Å². The van der Waals surface area contributed by atoms with Crippen LogP contribution in [0.5, 0.6) is 0 Å². The molecule has 19 heavy (non-hydrogen) atoms. The Labute approximate surface area is 120 Å². The first-order valence-corrected chi connectivity index (χ1v) is 10.2. The predicted octanol–water partition coefficient (Wildman–Crippen LogP) is 4.88. The lowest BCUT2D eigenvalue weighted by Gasteiger charge is -2.46. The summed E-state index contributed by atoms with van der Waals surface area (Å²) < 4.78 is 12.4. The van der Waals surface area contributed by atoms with E-state index in [2.05, 4.69) is 13.8 Å². The fraction of sp³-hybridized carbons (Fsp3) is 1.00. The number of rotatable bonds is 4. The van der Waals surface area contributed by atoms with E-state index < -0.39 is 8.56 Å². The quantitative estimate of drug-likeness (QED) is 0.685. The minimum atomic E-state index is -2.03. The topological polar surface area (TPSA) is 18.5 Å². The van der Waals surface area contributed by atoms with Gasteiger partial charge in [0.05, 0.1) is 0 Å². The minimum absolute atomic E-state index is 0.717. The lowest BCUT2D eigenvalue weighted by Crippen LogP contribution is -2.53. The summed E-state index contributed by atoms with van der Waals surface area (Å²) in [5, 5.41) is 0. The molecule has 2 nitrogen and oxygen atoms in total. The van der Waals surface area contributed by atoms with Crippen LogP contribution in [0.15, 0.2) is 0 Å². The third-order valence-electron chi connectivity index (χ3n) is 5.85. The molecule has 0 bridgehead atoms. The van der Waals surface area contributed by atoms with Crippen LogP contribution in [0.1, 0.15) is 65.2 Å². The molecular weight excluding hydrogens is 252 g/mol. The number of hydrogen-bond acceptors (Lipinski definition) is 2. The van der Waals surface area contributed by atoms with E-state index >= 15 is 0 Å². The van der Waals surface area contributed by atoms with Crippen molar-refractivity contribution in [3.05, 3.63) is 0 Å². The van der Waals surface area contributed by atoms with Crippen molar-refractivity contribution in [1.82, 2.24) is 0 Å². The second-order valence-corrected chi connectivity index (χ2v) is 10.8. The Morgan fingerprint density at radius 2 is 1.37 bits per heavy atom. The number of hydrogen-bond donors (Lipinski definition) is 0. The molecular formula is C16H32O2Si. The Balaban J connectivity index is 2.15. The molecule has 2 saturated carbocycles. The molecule has 0 heterocycles. The molecule has 2 rings (SSSR count). The van der Waals surface area contributed by atoms with E-state index in [0.29, 0.717) is 0 Å². The summed E-state index contributed by atoms with van der Waals surface area (Å²) in [5.41, 5.74) is 1.44. The van der Waals surface area contributed by atoms with Gasteiger partial charge in [-0.25, -0.2) is 0 Å². The molecule has 0 saturated heterocycles. The SMILES string of the molecule is CO[Si](OC)(C1CCC(C)CC1)C1CCCCC1C. The van der Waals surface area contributed by atoms with Gasteiger partial charge in [0.2, 0.25) is 0 Å². The molecule has 2 aliphatic rings. The molecule has 3 heteroatoms. The molecule has 0 N–H and O–H groups in total. The van der Waals surface area contributed by atoms with E-state index in [1.807, 2.05) is 14.2 Å². The molecule has 0 spiro atoms. The Morgan fingerprint density at radius 1 is 0.789 bits per heavy atom. The normalized spacial score (nSPS) is 37.3. The van der Waals surface area contributed by atoms with Gasteiger partial charge >= 0.3 is 8.56 Å². The van der Waals surface area contributed by atoms with Gasteiger partial charge in [-0.1, -0.05) is 46.0 Å². The van der Waals surface area contributed by atoms with Crippen molar-refractivity contribution in [3.8, 4) is 0 Å². The maximum absolute atomic E-state index is 6.19. The zero-order valence-electron chi connectivity index (χ0n) is 13.3. The average Bonchev–Trinajstić information content (AvgIpc) is 2.44. The van der Waals surface area contributed by atoms with Crippen molar-refractivity contribution >= 4 is 8.56 Å². The van der Waals surface area contributed by atoms with Gasteiger partial charge in [0, 0.05) is 25.3 Å². The van der Waals surface area contributed by atoms with E-state index in [1.54, 1.807) is 0 Å². The Morgan fingerprint density at radius 3 is 1.89 bits per heavy atom. The zero-order valence-corrected chi connectivity index (χ0v) is 14.3. The summed E-state index contributed by atoms with van der Waals surface area (Å²) in [6.45, 7) is 4.82. The summed E-state index contributed by atoms with van der Waals surface area (Å²) in [6.07, 6.45) is 10.9. The van der Waals surface area contributed by atoms with E-state index in [4.69, 9.17) is 8.85 Å². The molecule has 0 aromatic rings. The largest absolute Gasteiger partial charge is 0.397 e. The molecule has 2 atom stereocenters. The third-order valence-corrected chi connectivity index (χ3v) is 10.7. The summed E-state index contributed by atoms with van der Waals surface area (Å²) in [5.74, 6) is 1.69.